The Hall–Kier alpha value is -0.650. The minimum absolute atomic E-state index is 0.163. The molecule has 0 aliphatic carbocycles. The van der Waals surface area contributed by atoms with E-state index in [0.717, 1.165) is 19.6 Å². The highest BCUT2D eigenvalue weighted by atomic mass is 16.3. The lowest BCUT2D eigenvalue weighted by molar-refractivity contribution is -0.131. The first kappa shape index (κ1) is 15.7. The fourth-order valence-corrected chi connectivity index (χ4v) is 3.41. The molecule has 2 aliphatic heterocycles. The third kappa shape index (κ3) is 3.93. The molecular formula is C15H29N3O2. The first-order valence-corrected chi connectivity index (χ1v) is 7.89. The quantitative estimate of drug-likeness (QED) is 0.803. The van der Waals surface area contributed by atoms with Crippen molar-refractivity contribution in [3.63, 3.8) is 0 Å². The number of aliphatic hydroxyl groups excluding tert-OH is 1. The van der Waals surface area contributed by atoms with Crippen molar-refractivity contribution >= 4 is 5.91 Å². The van der Waals surface area contributed by atoms with Crippen molar-refractivity contribution in [1.29, 1.82) is 0 Å². The average Bonchev–Trinajstić information content (AvgIpc) is 2.71. The largest absolute Gasteiger partial charge is 0.396 e. The number of nitrogens with zero attached hydrogens (tertiary/aromatic N) is 3. The average molecular weight is 283 g/mol. The monoisotopic (exact) mass is 283 g/mol. The van der Waals surface area contributed by atoms with Crippen molar-refractivity contribution < 1.29 is 9.90 Å². The zero-order valence-electron chi connectivity index (χ0n) is 12.9. The Morgan fingerprint density at radius 1 is 1.15 bits per heavy atom. The second kappa shape index (κ2) is 7.38. The van der Waals surface area contributed by atoms with E-state index in [4.69, 9.17) is 0 Å². The van der Waals surface area contributed by atoms with E-state index in [1.54, 1.807) is 0 Å². The highest BCUT2D eigenvalue weighted by molar-refractivity contribution is 5.78. The van der Waals surface area contributed by atoms with E-state index < -0.39 is 0 Å². The molecular weight excluding hydrogens is 254 g/mol. The van der Waals surface area contributed by atoms with Gasteiger partial charge in [-0.25, -0.2) is 0 Å². The van der Waals surface area contributed by atoms with Gasteiger partial charge in [0, 0.05) is 31.7 Å². The van der Waals surface area contributed by atoms with Gasteiger partial charge < -0.3 is 14.9 Å². The molecule has 0 aromatic carbocycles. The summed E-state index contributed by atoms with van der Waals surface area (Å²) in [7, 11) is 4.05. The first-order valence-electron chi connectivity index (χ1n) is 7.89. The Morgan fingerprint density at radius 2 is 1.80 bits per heavy atom. The van der Waals surface area contributed by atoms with Gasteiger partial charge in [0.2, 0.25) is 5.91 Å². The molecule has 20 heavy (non-hydrogen) atoms. The number of likely N-dealkylation sites (tertiary alicyclic amines) is 2. The topological polar surface area (TPSA) is 47.0 Å². The van der Waals surface area contributed by atoms with Crippen molar-refractivity contribution in [2.24, 2.45) is 5.92 Å². The number of carbonyl (C=O) groups excluding carboxylic acids is 1. The van der Waals surface area contributed by atoms with E-state index in [-0.39, 0.29) is 24.5 Å². The van der Waals surface area contributed by atoms with Crippen LogP contribution in [0.1, 0.15) is 25.7 Å². The van der Waals surface area contributed by atoms with Gasteiger partial charge in [-0.2, -0.15) is 0 Å². The molecule has 2 rings (SSSR count). The Bertz CT molecular complexity index is 314. The minimum atomic E-state index is 0.163. The third-order valence-corrected chi connectivity index (χ3v) is 4.71. The number of rotatable bonds is 4. The van der Waals surface area contributed by atoms with Gasteiger partial charge in [-0.15, -0.1) is 0 Å². The van der Waals surface area contributed by atoms with E-state index in [0.29, 0.717) is 13.1 Å². The molecule has 2 aliphatic rings. The van der Waals surface area contributed by atoms with Crippen LogP contribution in [0, 0.1) is 5.92 Å². The predicted molar refractivity (Wildman–Crippen MR) is 79.5 cm³/mol. The Kier molecular flexibility index (Phi) is 5.81. The van der Waals surface area contributed by atoms with Crippen LogP contribution in [0.5, 0.6) is 0 Å². The number of hydrogen-bond donors (Lipinski definition) is 1. The fraction of sp³-hybridized carbons (Fsp3) is 0.933. The number of likely N-dealkylation sites (N-methyl/N-ethyl adjacent to an activating group) is 1. The molecule has 0 radical (unpaired) electrons. The van der Waals surface area contributed by atoms with Gasteiger partial charge in [0.1, 0.15) is 0 Å². The van der Waals surface area contributed by atoms with Crippen LogP contribution in [0.3, 0.4) is 0 Å². The molecule has 0 spiro atoms. The summed E-state index contributed by atoms with van der Waals surface area (Å²) >= 11 is 0. The van der Waals surface area contributed by atoms with Crippen LogP contribution in [0.4, 0.5) is 0 Å². The van der Waals surface area contributed by atoms with Gasteiger partial charge in [-0.1, -0.05) is 12.8 Å². The van der Waals surface area contributed by atoms with Gasteiger partial charge in [0.25, 0.3) is 0 Å². The van der Waals surface area contributed by atoms with Crippen LogP contribution in [0.2, 0.25) is 0 Å². The Morgan fingerprint density at radius 3 is 2.30 bits per heavy atom. The maximum absolute atomic E-state index is 12.4. The molecule has 2 unspecified atom stereocenters. The van der Waals surface area contributed by atoms with Gasteiger partial charge in [-0.05, 0) is 40.0 Å². The molecule has 0 aromatic heterocycles. The Balaban J connectivity index is 1.86. The molecule has 0 saturated carbocycles. The second-order valence-corrected chi connectivity index (χ2v) is 6.46. The summed E-state index contributed by atoms with van der Waals surface area (Å²) in [6, 6.07) is 0.285. The number of hydrogen-bond acceptors (Lipinski definition) is 4. The van der Waals surface area contributed by atoms with E-state index >= 15 is 0 Å². The summed E-state index contributed by atoms with van der Waals surface area (Å²) in [6.45, 7) is 4.28. The van der Waals surface area contributed by atoms with Gasteiger partial charge >= 0.3 is 0 Å². The van der Waals surface area contributed by atoms with Crippen LogP contribution in [0.25, 0.3) is 0 Å². The summed E-state index contributed by atoms with van der Waals surface area (Å²) in [4.78, 5) is 18.8. The summed E-state index contributed by atoms with van der Waals surface area (Å²) in [5.41, 5.74) is 0. The molecule has 0 bridgehead atoms. The van der Waals surface area contributed by atoms with Crippen LogP contribution in [-0.4, -0.2) is 85.2 Å². The molecule has 2 atom stereocenters. The highest BCUT2D eigenvalue weighted by Gasteiger charge is 2.36. The Labute approximate surface area is 122 Å². The van der Waals surface area contributed by atoms with Crippen molar-refractivity contribution in [2.75, 3.05) is 53.4 Å². The van der Waals surface area contributed by atoms with E-state index in [1.807, 2.05) is 19.0 Å². The van der Waals surface area contributed by atoms with E-state index in [1.165, 1.54) is 25.7 Å². The molecule has 116 valence electrons. The van der Waals surface area contributed by atoms with Crippen molar-refractivity contribution in [1.82, 2.24) is 14.7 Å². The minimum Gasteiger partial charge on any atom is -0.396 e. The number of carbonyl (C=O) groups is 1. The molecule has 5 heteroatoms. The molecule has 2 heterocycles. The van der Waals surface area contributed by atoms with E-state index in [2.05, 4.69) is 9.80 Å². The molecule has 0 aromatic rings. The van der Waals surface area contributed by atoms with E-state index in [9.17, 15) is 9.90 Å². The van der Waals surface area contributed by atoms with Gasteiger partial charge in [-0.3, -0.25) is 9.69 Å². The van der Waals surface area contributed by atoms with Crippen LogP contribution in [-0.2, 0) is 4.79 Å². The van der Waals surface area contributed by atoms with Crippen LogP contribution < -0.4 is 0 Å². The second-order valence-electron chi connectivity index (χ2n) is 6.46. The predicted octanol–water partition coefficient (Wildman–Crippen LogP) is 0.243. The molecule has 2 fully saturated rings. The SMILES string of the molecule is CN(C)C1CN(C(=O)CN2CCCCCC2)CC1CO. The fourth-order valence-electron chi connectivity index (χ4n) is 3.41. The lowest BCUT2D eigenvalue weighted by Gasteiger charge is -2.24. The molecule has 5 nitrogen and oxygen atoms in total. The zero-order valence-corrected chi connectivity index (χ0v) is 12.9. The maximum Gasteiger partial charge on any atom is 0.236 e. The van der Waals surface area contributed by atoms with Crippen molar-refractivity contribution in [3.8, 4) is 0 Å². The van der Waals surface area contributed by atoms with Crippen molar-refractivity contribution in [2.45, 2.75) is 31.7 Å². The standard InChI is InChI=1S/C15H29N3O2/c1-16(2)14-10-18(9-13(14)12-19)15(20)11-17-7-5-3-4-6-8-17/h13-14,19H,3-12H2,1-2H3. The smallest absolute Gasteiger partial charge is 0.236 e. The van der Waals surface area contributed by atoms with Gasteiger partial charge in [0.05, 0.1) is 6.54 Å². The summed E-state index contributed by atoms with van der Waals surface area (Å²) in [5, 5.41) is 9.47. The highest BCUT2D eigenvalue weighted by Crippen LogP contribution is 2.20. The molecule has 1 amide bonds. The lowest BCUT2D eigenvalue weighted by Crippen LogP contribution is -2.41. The zero-order chi connectivity index (χ0) is 14.5. The van der Waals surface area contributed by atoms with Crippen molar-refractivity contribution in [3.05, 3.63) is 0 Å². The van der Waals surface area contributed by atoms with Gasteiger partial charge in [0.15, 0.2) is 0 Å². The summed E-state index contributed by atoms with van der Waals surface area (Å²) in [6.07, 6.45) is 5.02. The number of aliphatic hydroxyl groups is 1. The molecule has 2 saturated heterocycles. The normalized spacial score (nSPS) is 28.9. The van der Waals surface area contributed by atoms with Crippen LogP contribution >= 0.6 is 0 Å². The lowest BCUT2D eigenvalue weighted by atomic mass is 10.0. The summed E-state index contributed by atoms with van der Waals surface area (Å²) < 4.78 is 0. The molecule has 1 N–H and O–H groups in total. The van der Waals surface area contributed by atoms with Crippen LogP contribution in [0.15, 0.2) is 0 Å². The summed E-state index contributed by atoms with van der Waals surface area (Å²) in [5.74, 6) is 0.424. The first-order chi connectivity index (χ1) is 9.61. The maximum atomic E-state index is 12.4. The third-order valence-electron chi connectivity index (χ3n) is 4.71. The number of amides is 1.